The van der Waals surface area contributed by atoms with Crippen molar-refractivity contribution in [1.82, 2.24) is 15.1 Å². The van der Waals surface area contributed by atoms with Gasteiger partial charge >= 0.3 is 0 Å². The third-order valence-corrected chi connectivity index (χ3v) is 4.37. The highest BCUT2D eigenvalue weighted by Gasteiger charge is 2.18. The maximum Gasteiger partial charge on any atom is 0.169 e. The van der Waals surface area contributed by atoms with E-state index in [9.17, 15) is 0 Å². The van der Waals surface area contributed by atoms with E-state index in [1.54, 1.807) is 0 Å². The van der Waals surface area contributed by atoms with E-state index in [1.807, 2.05) is 0 Å². The predicted molar refractivity (Wildman–Crippen MR) is 93.4 cm³/mol. The fraction of sp³-hybridized carbons (Fsp3) is 0.588. The summed E-state index contributed by atoms with van der Waals surface area (Å²) in [7, 11) is 0. The van der Waals surface area contributed by atoms with Gasteiger partial charge in [-0.05, 0) is 24.2 Å². The smallest absolute Gasteiger partial charge is 0.169 e. The van der Waals surface area contributed by atoms with Crippen molar-refractivity contribution in [1.29, 1.82) is 0 Å². The molecule has 2 rings (SSSR count). The summed E-state index contributed by atoms with van der Waals surface area (Å²) in [6.07, 6.45) is 3.75. The molecule has 0 aromatic heterocycles. The number of unbranched alkanes of at least 4 members (excludes halogenated alkanes) is 2. The van der Waals surface area contributed by atoms with E-state index in [2.05, 4.69) is 52.4 Å². The first-order chi connectivity index (χ1) is 10.3. The summed E-state index contributed by atoms with van der Waals surface area (Å²) in [5.41, 5.74) is 1.39. The minimum atomic E-state index is 0.936. The fourth-order valence-electron chi connectivity index (χ4n) is 2.63. The summed E-state index contributed by atoms with van der Waals surface area (Å²) in [4.78, 5) is 4.81. The lowest BCUT2D eigenvalue weighted by atomic mass is 10.2. The summed E-state index contributed by atoms with van der Waals surface area (Å²) in [5.74, 6) is 0. The van der Waals surface area contributed by atoms with Gasteiger partial charge in [-0.2, -0.15) is 0 Å². The number of nitrogens with one attached hydrogen (secondary N) is 1. The quantitative estimate of drug-likeness (QED) is 0.643. The molecule has 0 unspecified atom stereocenters. The molecule has 0 bridgehead atoms. The number of thiocarbonyl (C=S) groups is 1. The van der Waals surface area contributed by atoms with Gasteiger partial charge in [0, 0.05) is 39.3 Å². The minimum Gasteiger partial charge on any atom is -0.363 e. The van der Waals surface area contributed by atoms with Crippen molar-refractivity contribution in [2.75, 3.05) is 32.7 Å². The first-order valence-corrected chi connectivity index (χ1v) is 8.49. The molecule has 4 heteroatoms. The summed E-state index contributed by atoms with van der Waals surface area (Å²) in [5, 5.41) is 4.33. The van der Waals surface area contributed by atoms with Gasteiger partial charge in [-0.3, -0.25) is 4.90 Å². The van der Waals surface area contributed by atoms with E-state index < -0.39 is 0 Å². The van der Waals surface area contributed by atoms with E-state index in [0.717, 1.165) is 44.4 Å². The van der Waals surface area contributed by atoms with Crippen LogP contribution in [0.5, 0.6) is 0 Å². The minimum absolute atomic E-state index is 0.936. The molecule has 1 aliphatic rings. The molecule has 21 heavy (non-hydrogen) atoms. The van der Waals surface area contributed by atoms with E-state index in [1.165, 1.54) is 24.8 Å². The Morgan fingerprint density at radius 3 is 2.48 bits per heavy atom. The van der Waals surface area contributed by atoms with E-state index in [-0.39, 0.29) is 0 Å². The SMILES string of the molecule is CCCCCNC(=S)N1CCN(Cc2ccccc2)CC1. The van der Waals surface area contributed by atoms with Crippen LogP contribution in [0, 0.1) is 0 Å². The average Bonchev–Trinajstić information content (AvgIpc) is 2.53. The molecule has 1 aromatic carbocycles. The molecule has 1 aliphatic heterocycles. The Morgan fingerprint density at radius 2 is 1.81 bits per heavy atom. The zero-order valence-electron chi connectivity index (χ0n) is 13.1. The fourth-order valence-corrected chi connectivity index (χ4v) is 2.92. The van der Waals surface area contributed by atoms with Gasteiger partial charge in [0.2, 0.25) is 0 Å². The number of benzene rings is 1. The molecule has 0 radical (unpaired) electrons. The van der Waals surface area contributed by atoms with Crippen molar-refractivity contribution < 1.29 is 0 Å². The standard InChI is InChI=1S/C17H27N3S/c1-2-3-7-10-18-17(21)20-13-11-19(12-14-20)15-16-8-5-4-6-9-16/h4-6,8-9H,2-3,7,10-15H2,1H3,(H,18,21). The van der Waals surface area contributed by atoms with Gasteiger partial charge in [0.15, 0.2) is 5.11 Å². The third kappa shape index (κ3) is 5.64. The van der Waals surface area contributed by atoms with Crippen LogP contribution in [0.2, 0.25) is 0 Å². The first kappa shape index (κ1) is 16.2. The maximum absolute atomic E-state index is 5.49. The second-order valence-corrected chi connectivity index (χ2v) is 6.07. The second kappa shape index (κ2) is 9.00. The molecular formula is C17H27N3S. The molecule has 3 nitrogen and oxygen atoms in total. The Kier molecular flexibility index (Phi) is 6.96. The van der Waals surface area contributed by atoms with Crippen LogP contribution in [0.15, 0.2) is 30.3 Å². The van der Waals surface area contributed by atoms with Crippen LogP contribution in [0.3, 0.4) is 0 Å². The van der Waals surface area contributed by atoms with Crippen molar-refractivity contribution in [3.05, 3.63) is 35.9 Å². The summed E-state index contributed by atoms with van der Waals surface area (Å²) in [6.45, 7) is 8.53. The molecule has 0 aliphatic carbocycles. The monoisotopic (exact) mass is 305 g/mol. The normalized spacial score (nSPS) is 16.0. The van der Waals surface area contributed by atoms with Crippen molar-refractivity contribution in [2.45, 2.75) is 32.7 Å². The van der Waals surface area contributed by atoms with Crippen molar-refractivity contribution >= 4 is 17.3 Å². The van der Waals surface area contributed by atoms with E-state index >= 15 is 0 Å². The number of nitrogens with zero attached hydrogens (tertiary/aromatic N) is 2. The maximum atomic E-state index is 5.49. The molecule has 0 spiro atoms. The van der Waals surface area contributed by atoms with E-state index in [0.29, 0.717) is 0 Å². The zero-order chi connectivity index (χ0) is 14.9. The first-order valence-electron chi connectivity index (χ1n) is 8.08. The van der Waals surface area contributed by atoms with Crippen molar-refractivity contribution in [2.24, 2.45) is 0 Å². The number of rotatable bonds is 6. The summed E-state index contributed by atoms with van der Waals surface area (Å²) in [6, 6.07) is 10.7. The largest absolute Gasteiger partial charge is 0.363 e. The average molecular weight is 305 g/mol. The number of piperazine rings is 1. The number of hydrogen-bond donors (Lipinski definition) is 1. The van der Waals surface area contributed by atoms with Gasteiger partial charge in [0.1, 0.15) is 0 Å². The molecule has 1 aromatic rings. The highest BCUT2D eigenvalue weighted by Crippen LogP contribution is 2.08. The van der Waals surface area contributed by atoms with Gasteiger partial charge in [0.25, 0.3) is 0 Å². The molecule has 0 amide bonds. The van der Waals surface area contributed by atoms with Crippen LogP contribution < -0.4 is 5.32 Å². The summed E-state index contributed by atoms with van der Waals surface area (Å²) >= 11 is 5.49. The van der Waals surface area contributed by atoms with Crippen LogP contribution in [-0.4, -0.2) is 47.6 Å². The van der Waals surface area contributed by atoms with Gasteiger partial charge < -0.3 is 10.2 Å². The van der Waals surface area contributed by atoms with Gasteiger partial charge in [-0.25, -0.2) is 0 Å². The Balaban J connectivity index is 1.67. The molecular weight excluding hydrogens is 278 g/mol. The Morgan fingerprint density at radius 1 is 1.10 bits per heavy atom. The highest BCUT2D eigenvalue weighted by molar-refractivity contribution is 7.80. The molecule has 0 atom stereocenters. The topological polar surface area (TPSA) is 18.5 Å². The van der Waals surface area contributed by atoms with Crippen LogP contribution >= 0.6 is 12.2 Å². The lowest BCUT2D eigenvalue weighted by Crippen LogP contribution is -2.51. The molecule has 1 N–H and O–H groups in total. The molecule has 1 fully saturated rings. The Hall–Kier alpha value is -1.13. The molecule has 0 saturated carbocycles. The van der Waals surface area contributed by atoms with Crippen LogP contribution in [0.4, 0.5) is 0 Å². The van der Waals surface area contributed by atoms with Gasteiger partial charge in [-0.1, -0.05) is 50.1 Å². The van der Waals surface area contributed by atoms with Crippen molar-refractivity contribution in [3.63, 3.8) is 0 Å². The van der Waals surface area contributed by atoms with Crippen LogP contribution in [-0.2, 0) is 6.54 Å². The zero-order valence-corrected chi connectivity index (χ0v) is 13.9. The van der Waals surface area contributed by atoms with E-state index in [4.69, 9.17) is 12.2 Å². The van der Waals surface area contributed by atoms with Crippen LogP contribution in [0.1, 0.15) is 31.7 Å². The lowest BCUT2D eigenvalue weighted by molar-refractivity contribution is 0.174. The second-order valence-electron chi connectivity index (χ2n) is 5.69. The van der Waals surface area contributed by atoms with Crippen LogP contribution in [0.25, 0.3) is 0 Å². The molecule has 1 heterocycles. The Bertz CT molecular complexity index is 413. The molecule has 1 saturated heterocycles. The lowest BCUT2D eigenvalue weighted by Gasteiger charge is -2.36. The predicted octanol–water partition coefficient (Wildman–Crippen LogP) is 2.87. The summed E-state index contributed by atoms with van der Waals surface area (Å²) < 4.78 is 0. The third-order valence-electron chi connectivity index (χ3n) is 3.97. The van der Waals surface area contributed by atoms with Gasteiger partial charge in [0.05, 0.1) is 0 Å². The number of hydrogen-bond acceptors (Lipinski definition) is 2. The highest BCUT2D eigenvalue weighted by atomic mass is 32.1. The van der Waals surface area contributed by atoms with Gasteiger partial charge in [-0.15, -0.1) is 0 Å². The molecule has 116 valence electrons. The Labute approximate surface area is 134 Å². The van der Waals surface area contributed by atoms with Crippen molar-refractivity contribution in [3.8, 4) is 0 Å².